The zero-order chi connectivity index (χ0) is 19.1. The van der Waals surface area contributed by atoms with Crippen molar-refractivity contribution in [3.8, 4) is 0 Å². The summed E-state index contributed by atoms with van der Waals surface area (Å²) in [5.41, 5.74) is 0.758. The van der Waals surface area contributed by atoms with E-state index in [1.807, 2.05) is 37.3 Å². The molecule has 1 fully saturated rings. The summed E-state index contributed by atoms with van der Waals surface area (Å²) in [4.78, 5) is 26.3. The predicted octanol–water partition coefficient (Wildman–Crippen LogP) is 2.07. The summed E-state index contributed by atoms with van der Waals surface area (Å²) in [5, 5.41) is 14.2. The second-order valence-electron chi connectivity index (χ2n) is 6.48. The number of aromatic nitrogens is 4. The molecule has 0 unspecified atom stereocenters. The number of anilines is 1. The average molecular weight is 372 g/mol. The van der Waals surface area contributed by atoms with Gasteiger partial charge in [0.1, 0.15) is 0 Å². The number of carbonyl (C=O) groups is 2. The van der Waals surface area contributed by atoms with Crippen LogP contribution in [-0.4, -0.2) is 50.2 Å². The molecule has 9 nitrogen and oxygen atoms in total. The number of urea groups is 1. The van der Waals surface area contributed by atoms with Crippen LogP contribution in [0, 0.1) is 5.92 Å². The van der Waals surface area contributed by atoms with Crippen LogP contribution in [0.5, 0.6) is 0 Å². The number of benzene rings is 1. The quantitative estimate of drug-likeness (QED) is 0.779. The Morgan fingerprint density at radius 1 is 1.22 bits per heavy atom. The molecule has 0 spiro atoms. The van der Waals surface area contributed by atoms with Crippen molar-refractivity contribution in [2.75, 3.05) is 18.4 Å². The van der Waals surface area contributed by atoms with Crippen molar-refractivity contribution >= 4 is 17.7 Å². The van der Waals surface area contributed by atoms with Crippen LogP contribution in [0.1, 0.15) is 32.0 Å². The van der Waals surface area contributed by atoms with E-state index in [1.165, 1.54) is 0 Å². The van der Waals surface area contributed by atoms with E-state index in [0.29, 0.717) is 38.3 Å². The molecule has 2 amide bonds. The number of likely N-dealkylation sites (tertiary alicyclic amines) is 1. The second-order valence-corrected chi connectivity index (χ2v) is 6.48. The number of nitrogens with zero attached hydrogens (tertiary/aromatic N) is 5. The maximum Gasteiger partial charge on any atom is 0.321 e. The highest BCUT2D eigenvalue weighted by Gasteiger charge is 2.28. The van der Waals surface area contributed by atoms with Gasteiger partial charge in [-0.2, -0.15) is 0 Å². The molecule has 1 aromatic heterocycles. The highest BCUT2D eigenvalue weighted by Crippen LogP contribution is 2.20. The van der Waals surface area contributed by atoms with Gasteiger partial charge >= 0.3 is 12.0 Å². The number of tetrazole rings is 1. The Morgan fingerprint density at radius 2 is 1.96 bits per heavy atom. The molecule has 0 radical (unpaired) electrons. The first kappa shape index (κ1) is 18.8. The molecule has 2 heterocycles. The van der Waals surface area contributed by atoms with Gasteiger partial charge in [-0.25, -0.2) is 9.48 Å². The maximum absolute atomic E-state index is 12.3. The number of aryl methyl sites for hydroxylation is 1. The van der Waals surface area contributed by atoms with Crippen LogP contribution in [0.15, 0.2) is 30.3 Å². The van der Waals surface area contributed by atoms with Crippen LogP contribution in [-0.2, 0) is 22.7 Å². The monoisotopic (exact) mass is 372 g/mol. The number of esters is 1. The van der Waals surface area contributed by atoms with Gasteiger partial charge in [-0.1, -0.05) is 25.1 Å². The summed E-state index contributed by atoms with van der Waals surface area (Å²) >= 11 is 0. The lowest BCUT2D eigenvalue weighted by Crippen LogP contribution is -2.42. The first-order valence-corrected chi connectivity index (χ1v) is 9.20. The summed E-state index contributed by atoms with van der Waals surface area (Å²) in [6.45, 7) is 3.83. The molecule has 1 aromatic carbocycles. The normalized spacial score (nSPS) is 14.8. The van der Waals surface area contributed by atoms with Crippen LogP contribution < -0.4 is 5.32 Å². The van der Waals surface area contributed by atoms with Crippen LogP contribution >= 0.6 is 0 Å². The smallest absolute Gasteiger partial charge is 0.321 e. The van der Waals surface area contributed by atoms with Crippen LogP contribution in [0.25, 0.3) is 0 Å². The average Bonchev–Trinajstić information content (AvgIpc) is 3.14. The fourth-order valence-electron chi connectivity index (χ4n) is 3.01. The Labute approximate surface area is 157 Å². The molecule has 0 atom stereocenters. The summed E-state index contributed by atoms with van der Waals surface area (Å²) < 4.78 is 7.03. The Kier molecular flexibility index (Phi) is 6.35. The molecule has 9 heteroatoms. The largest absolute Gasteiger partial charge is 0.457 e. The number of nitrogens with one attached hydrogen (secondary N) is 1. The first-order valence-electron chi connectivity index (χ1n) is 9.20. The van der Waals surface area contributed by atoms with Crippen molar-refractivity contribution in [3.05, 3.63) is 36.2 Å². The summed E-state index contributed by atoms with van der Waals surface area (Å²) in [5.74, 6) is 0.0790. The van der Waals surface area contributed by atoms with Gasteiger partial charge < -0.3 is 15.0 Å². The minimum Gasteiger partial charge on any atom is -0.457 e. The van der Waals surface area contributed by atoms with Crippen molar-refractivity contribution in [2.24, 2.45) is 5.92 Å². The number of hydrogen-bond donors (Lipinski definition) is 1. The molecule has 0 saturated carbocycles. The fourth-order valence-corrected chi connectivity index (χ4v) is 3.01. The van der Waals surface area contributed by atoms with Crippen molar-refractivity contribution in [3.63, 3.8) is 0 Å². The molecule has 0 bridgehead atoms. The molecular formula is C18H24N6O3. The molecule has 1 aliphatic rings. The molecule has 144 valence electrons. The molecule has 1 N–H and O–H groups in total. The van der Waals surface area contributed by atoms with E-state index >= 15 is 0 Å². The van der Waals surface area contributed by atoms with Crippen LogP contribution in [0.3, 0.4) is 0 Å². The zero-order valence-corrected chi connectivity index (χ0v) is 15.4. The minimum absolute atomic E-state index is 0.0700. The van der Waals surface area contributed by atoms with E-state index in [9.17, 15) is 9.59 Å². The Hall–Kier alpha value is -2.97. The second kappa shape index (κ2) is 9.11. The van der Waals surface area contributed by atoms with Crippen molar-refractivity contribution < 1.29 is 14.3 Å². The topological polar surface area (TPSA) is 102 Å². The van der Waals surface area contributed by atoms with E-state index in [-0.39, 0.29) is 24.5 Å². The maximum atomic E-state index is 12.3. The summed E-state index contributed by atoms with van der Waals surface area (Å²) in [6, 6.07) is 9.17. The van der Waals surface area contributed by atoms with Crippen LogP contribution in [0.2, 0.25) is 0 Å². The lowest BCUT2D eigenvalue weighted by Gasteiger charge is -2.30. The number of piperidine rings is 1. The third-order valence-electron chi connectivity index (χ3n) is 4.53. The third kappa shape index (κ3) is 5.02. The molecule has 27 heavy (non-hydrogen) atoms. The van der Waals surface area contributed by atoms with Crippen molar-refractivity contribution in [1.29, 1.82) is 0 Å². The molecule has 0 aliphatic carbocycles. The van der Waals surface area contributed by atoms with E-state index < -0.39 is 0 Å². The van der Waals surface area contributed by atoms with Gasteiger partial charge in [-0.05, 0) is 41.8 Å². The standard InChI is InChI=1S/C18H24N6O3/c1-2-10-24-16(20-21-22-24)13-27-17(25)14-8-11-23(12-9-14)18(26)19-15-6-4-3-5-7-15/h3-7,14H,2,8-13H2,1H3,(H,19,26). The zero-order valence-electron chi connectivity index (χ0n) is 15.4. The Balaban J connectivity index is 1.43. The molecule has 1 saturated heterocycles. The van der Waals surface area contributed by atoms with Gasteiger partial charge in [0.25, 0.3) is 0 Å². The Bertz CT molecular complexity index is 755. The number of ether oxygens (including phenoxy) is 1. The minimum atomic E-state index is -0.260. The number of para-hydroxylation sites is 1. The highest BCUT2D eigenvalue weighted by atomic mass is 16.5. The molecular weight excluding hydrogens is 348 g/mol. The van der Waals surface area contributed by atoms with E-state index in [2.05, 4.69) is 20.8 Å². The van der Waals surface area contributed by atoms with Gasteiger partial charge in [0.05, 0.1) is 5.92 Å². The van der Waals surface area contributed by atoms with E-state index in [4.69, 9.17) is 4.74 Å². The number of amides is 2. The third-order valence-corrected chi connectivity index (χ3v) is 4.53. The lowest BCUT2D eigenvalue weighted by atomic mass is 9.97. The molecule has 3 rings (SSSR count). The van der Waals surface area contributed by atoms with Crippen molar-refractivity contribution in [2.45, 2.75) is 39.3 Å². The SMILES string of the molecule is CCCn1nnnc1COC(=O)C1CCN(C(=O)Nc2ccccc2)CC1. The lowest BCUT2D eigenvalue weighted by molar-refractivity contribution is -0.151. The van der Waals surface area contributed by atoms with Gasteiger partial charge in [-0.3, -0.25) is 4.79 Å². The predicted molar refractivity (Wildman–Crippen MR) is 97.7 cm³/mol. The fraction of sp³-hybridized carbons (Fsp3) is 0.500. The highest BCUT2D eigenvalue weighted by molar-refractivity contribution is 5.89. The van der Waals surface area contributed by atoms with Gasteiger partial charge in [0.15, 0.2) is 12.4 Å². The van der Waals surface area contributed by atoms with Crippen molar-refractivity contribution in [1.82, 2.24) is 25.1 Å². The van der Waals surface area contributed by atoms with Gasteiger partial charge in [0.2, 0.25) is 0 Å². The van der Waals surface area contributed by atoms with Gasteiger partial charge in [-0.15, -0.1) is 5.10 Å². The molecule has 2 aromatic rings. The first-order chi connectivity index (χ1) is 13.2. The van der Waals surface area contributed by atoms with Crippen LogP contribution in [0.4, 0.5) is 10.5 Å². The summed E-state index contributed by atoms with van der Waals surface area (Å²) in [7, 11) is 0. The number of hydrogen-bond acceptors (Lipinski definition) is 6. The Morgan fingerprint density at radius 3 is 2.67 bits per heavy atom. The van der Waals surface area contributed by atoms with Gasteiger partial charge in [0, 0.05) is 25.3 Å². The number of rotatable bonds is 6. The van der Waals surface area contributed by atoms with E-state index in [0.717, 1.165) is 12.1 Å². The summed E-state index contributed by atoms with van der Waals surface area (Å²) in [6.07, 6.45) is 2.07. The number of carbonyl (C=O) groups excluding carboxylic acids is 2. The molecule has 1 aliphatic heterocycles. The van der Waals surface area contributed by atoms with E-state index in [1.54, 1.807) is 9.58 Å².